The Morgan fingerprint density at radius 1 is 1.40 bits per heavy atom. The first kappa shape index (κ1) is 9.89. The SMILES string of the molecule is CC(C)C(F)C(C)(C)CN. The Morgan fingerprint density at radius 3 is 1.90 bits per heavy atom. The molecule has 2 N–H and O–H groups in total. The number of rotatable bonds is 3. The molecule has 0 aliphatic rings. The summed E-state index contributed by atoms with van der Waals surface area (Å²) in [6.45, 7) is 7.88. The van der Waals surface area contributed by atoms with Gasteiger partial charge in [-0.1, -0.05) is 27.7 Å². The smallest absolute Gasteiger partial charge is 0.109 e. The third-order valence-corrected chi connectivity index (χ3v) is 1.86. The zero-order chi connectivity index (χ0) is 8.36. The van der Waals surface area contributed by atoms with Crippen LogP contribution >= 0.6 is 0 Å². The second-order valence-electron chi connectivity index (χ2n) is 3.84. The van der Waals surface area contributed by atoms with Crippen LogP contribution in [0.25, 0.3) is 0 Å². The minimum atomic E-state index is -0.794. The van der Waals surface area contributed by atoms with E-state index in [-0.39, 0.29) is 11.3 Å². The maximum atomic E-state index is 13.2. The minimum Gasteiger partial charge on any atom is -0.330 e. The maximum Gasteiger partial charge on any atom is 0.109 e. The van der Waals surface area contributed by atoms with Crippen molar-refractivity contribution in [3.8, 4) is 0 Å². The largest absolute Gasteiger partial charge is 0.330 e. The summed E-state index contributed by atoms with van der Waals surface area (Å²) in [5, 5.41) is 0. The van der Waals surface area contributed by atoms with Crippen molar-refractivity contribution < 1.29 is 4.39 Å². The van der Waals surface area contributed by atoms with Gasteiger partial charge in [0.15, 0.2) is 0 Å². The molecule has 2 heteroatoms. The monoisotopic (exact) mass is 147 g/mol. The molecule has 0 bridgehead atoms. The van der Waals surface area contributed by atoms with Crippen LogP contribution in [0.1, 0.15) is 27.7 Å². The molecule has 0 saturated carbocycles. The summed E-state index contributed by atoms with van der Waals surface area (Å²) in [5.74, 6) is 0.0681. The van der Waals surface area contributed by atoms with Gasteiger partial charge in [-0.3, -0.25) is 0 Å². The fourth-order valence-electron chi connectivity index (χ4n) is 1.01. The Bertz CT molecular complexity index is 99.4. The molecule has 62 valence electrons. The Hall–Kier alpha value is -0.110. The molecule has 0 aliphatic heterocycles. The van der Waals surface area contributed by atoms with Gasteiger partial charge in [0.1, 0.15) is 6.17 Å². The fourth-order valence-corrected chi connectivity index (χ4v) is 1.01. The molecule has 10 heavy (non-hydrogen) atoms. The summed E-state index contributed by atoms with van der Waals surface area (Å²) >= 11 is 0. The molecule has 0 aromatic heterocycles. The summed E-state index contributed by atoms with van der Waals surface area (Å²) in [7, 11) is 0. The van der Waals surface area contributed by atoms with Gasteiger partial charge in [0, 0.05) is 12.0 Å². The Kier molecular flexibility index (Phi) is 3.29. The molecule has 1 nitrogen and oxygen atoms in total. The van der Waals surface area contributed by atoms with Crippen molar-refractivity contribution >= 4 is 0 Å². The van der Waals surface area contributed by atoms with E-state index >= 15 is 0 Å². The molecule has 1 atom stereocenters. The van der Waals surface area contributed by atoms with Crippen molar-refractivity contribution in [1.82, 2.24) is 0 Å². The van der Waals surface area contributed by atoms with Crippen LogP contribution < -0.4 is 5.73 Å². The van der Waals surface area contributed by atoms with Crippen LogP contribution in [0.4, 0.5) is 4.39 Å². The number of nitrogens with two attached hydrogens (primary N) is 1. The molecular weight excluding hydrogens is 129 g/mol. The van der Waals surface area contributed by atoms with E-state index in [1.807, 2.05) is 27.7 Å². The van der Waals surface area contributed by atoms with E-state index in [0.717, 1.165) is 0 Å². The highest BCUT2D eigenvalue weighted by Crippen LogP contribution is 2.27. The molecule has 0 amide bonds. The van der Waals surface area contributed by atoms with Crippen molar-refractivity contribution in [2.45, 2.75) is 33.9 Å². The van der Waals surface area contributed by atoms with Crippen LogP contribution in [0.2, 0.25) is 0 Å². The lowest BCUT2D eigenvalue weighted by Gasteiger charge is -2.29. The topological polar surface area (TPSA) is 26.0 Å². The second-order valence-corrected chi connectivity index (χ2v) is 3.84. The normalized spacial score (nSPS) is 15.9. The number of alkyl halides is 1. The molecule has 0 aromatic rings. The summed E-state index contributed by atoms with van der Waals surface area (Å²) in [4.78, 5) is 0. The van der Waals surface area contributed by atoms with Gasteiger partial charge in [-0.15, -0.1) is 0 Å². The highest BCUT2D eigenvalue weighted by Gasteiger charge is 2.30. The molecule has 0 aromatic carbocycles. The first-order chi connectivity index (χ1) is 4.41. The van der Waals surface area contributed by atoms with E-state index in [1.165, 1.54) is 0 Å². The Balaban J connectivity index is 4.03. The zero-order valence-corrected chi connectivity index (χ0v) is 7.32. The lowest BCUT2D eigenvalue weighted by molar-refractivity contribution is 0.105. The van der Waals surface area contributed by atoms with Crippen molar-refractivity contribution in [2.24, 2.45) is 17.1 Å². The average molecular weight is 147 g/mol. The standard InChI is InChI=1S/C8H18FN/c1-6(2)7(9)8(3,4)5-10/h6-7H,5,10H2,1-4H3. The van der Waals surface area contributed by atoms with Gasteiger partial charge in [-0.2, -0.15) is 0 Å². The first-order valence-electron chi connectivity index (χ1n) is 3.76. The fraction of sp³-hybridized carbons (Fsp3) is 1.00. The quantitative estimate of drug-likeness (QED) is 0.649. The molecule has 0 radical (unpaired) electrons. The third-order valence-electron chi connectivity index (χ3n) is 1.86. The molecule has 0 aliphatic carbocycles. The number of halogens is 1. The van der Waals surface area contributed by atoms with Crippen molar-refractivity contribution in [1.29, 1.82) is 0 Å². The number of hydrogen-bond acceptors (Lipinski definition) is 1. The first-order valence-corrected chi connectivity index (χ1v) is 3.76. The average Bonchev–Trinajstić information content (AvgIpc) is 1.86. The summed E-state index contributed by atoms with van der Waals surface area (Å²) < 4.78 is 13.2. The molecule has 0 saturated heterocycles. The molecule has 1 unspecified atom stereocenters. The van der Waals surface area contributed by atoms with E-state index < -0.39 is 6.17 Å². The van der Waals surface area contributed by atoms with E-state index in [1.54, 1.807) is 0 Å². The summed E-state index contributed by atoms with van der Waals surface area (Å²) in [6, 6.07) is 0. The Morgan fingerprint density at radius 2 is 1.80 bits per heavy atom. The lowest BCUT2D eigenvalue weighted by Crippen LogP contribution is -2.36. The van der Waals surface area contributed by atoms with E-state index in [2.05, 4.69) is 0 Å². The van der Waals surface area contributed by atoms with E-state index in [4.69, 9.17) is 5.73 Å². The van der Waals surface area contributed by atoms with E-state index in [0.29, 0.717) is 6.54 Å². The maximum absolute atomic E-state index is 13.2. The van der Waals surface area contributed by atoms with Crippen LogP contribution in [-0.4, -0.2) is 12.7 Å². The van der Waals surface area contributed by atoms with Gasteiger partial charge in [-0.05, 0) is 5.92 Å². The van der Waals surface area contributed by atoms with Gasteiger partial charge in [-0.25, -0.2) is 4.39 Å². The van der Waals surface area contributed by atoms with Crippen LogP contribution in [0.5, 0.6) is 0 Å². The predicted molar refractivity (Wildman–Crippen MR) is 42.6 cm³/mol. The lowest BCUT2D eigenvalue weighted by atomic mass is 9.82. The molecular formula is C8H18FN. The highest BCUT2D eigenvalue weighted by molar-refractivity contribution is 4.80. The minimum absolute atomic E-state index is 0.0681. The van der Waals surface area contributed by atoms with Gasteiger partial charge in [0.05, 0.1) is 0 Å². The van der Waals surface area contributed by atoms with E-state index in [9.17, 15) is 4.39 Å². The van der Waals surface area contributed by atoms with Gasteiger partial charge in [0.25, 0.3) is 0 Å². The Labute approximate surface area is 62.8 Å². The van der Waals surface area contributed by atoms with Crippen molar-refractivity contribution in [3.05, 3.63) is 0 Å². The molecule has 0 heterocycles. The van der Waals surface area contributed by atoms with Crippen molar-refractivity contribution in [2.75, 3.05) is 6.54 Å². The molecule has 0 rings (SSSR count). The predicted octanol–water partition coefficient (Wildman–Crippen LogP) is 1.97. The van der Waals surface area contributed by atoms with Crippen LogP contribution in [0, 0.1) is 11.3 Å². The summed E-state index contributed by atoms with van der Waals surface area (Å²) in [6.07, 6.45) is -0.794. The zero-order valence-electron chi connectivity index (χ0n) is 7.32. The molecule has 0 fully saturated rings. The van der Waals surface area contributed by atoms with Gasteiger partial charge < -0.3 is 5.73 Å². The van der Waals surface area contributed by atoms with Gasteiger partial charge >= 0.3 is 0 Å². The third kappa shape index (κ3) is 2.25. The van der Waals surface area contributed by atoms with Gasteiger partial charge in [0.2, 0.25) is 0 Å². The second kappa shape index (κ2) is 3.33. The highest BCUT2D eigenvalue weighted by atomic mass is 19.1. The van der Waals surface area contributed by atoms with Crippen molar-refractivity contribution in [3.63, 3.8) is 0 Å². The van der Waals surface area contributed by atoms with Crippen LogP contribution in [0.3, 0.4) is 0 Å². The van der Waals surface area contributed by atoms with Crippen LogP contribution in [0.15, 0.2) is 0 Å². The van der Waals surface area contributed by atoms with Crippen LogP contribution in [-0.2, 0) is 0 Å². The number of hydrogen-bond donors (Lipinski definition) is 1. The molecule has 0 spiro atoms. The summed E-state index contributed by atoms with van der Waals surface area (Å²) in [5.41, 5.74) is 5.04.